The molecule has 1 aromatic heterocycles. The van der Waals surface area contributed by atoms with Gasteiger partial charge in [-0.3, -0.25) is 9.59 Å². The van der Waals surface area contributed by atoms with E-state index in [1.54, 1.807) is 6.20 Å². The van der Waals surface area contributed by atoms with Crippen LogP contribution in [0.5, 0.6) is 0 Å². The number of aromatic amines is 1. The molecule has 0 radical (unpaired) electrons. The number of hydrogen-bond acceptors (Lipinski definition) is 2. The molecule has 1 saturated heterocycles. The molecule has 0 bridgehead atoms. The van der Waals surface area contributed by atoms with Crippen molar-refractivity contribution in [2.24, 2.45) is 0 Å². The van der Waals surface area contributed by atoms with Crippen molar-refractivity contribution in [2.75, 3.05) is 26.2 Å². The van der Waals surface area contributed by atoms with Gasteiger partial charge in [-0.05, 0) is 31.5 Å². The predicted molar refractivity (Wildman–Crippen MR) is 106 cm³/mol. The molecule has 3 aromatic rings. The van der Waals surface area contributed by atoms with E-state index >= 15 is 0 Å². The molecule has 4 rings (SSSR count). The van der Waals surface area contributed by atoms with Crippen molar-refractivity contribution in [3.8, 4) is 0 Å². The van der Waals surface area contributed by atoms with Gasteiger partial charge in [0.15, 0.2) is 0 Å². The number of amides is 2. The molecule has 0 unspecified atom stereocenters. The molecule has 2 amide bonds. The molecule has 27 heavy (non-hydrogen) atoms. The minimum Gasteiger partial charge on any atom is -0.360 e. The van der Waals surface area contributed by atoms with E-state index in [0.717, 1.165) is 22.9 Å². The molecule has 5 nitrogen and oxygen atoms in total. The smallest absolute Gasteiger partial charge is 0.256 e. The standard InChI is InChI=1S/C22H23N3O2/c1-16-7-9-17(10-8-16)21(26)24-11-4-12-25(14-13-24)22(27)19-15-23-20-6-3-2-5-18(19)20/h2-3,5-10,15,23H,4,11-14H2,1H3. The zero-order chi connectivity index (χ0) is 18.8. The Kier molecular flexibility index (Phi) is 4.67. The minimum atomic E-state index is 0.0251. The number of rotatable bonds is 2. The number of hydrogen-bond donors (Lipinski definition) is 1. The van der Waals surface area contributed by atoms with Gasteiger partial charge in [-0.25, -0.2) is 0 Å². The van der Waals surface area contributed by atoms with E-state index in [0.29, 0.717) is 37.3 Å². The van der Waals surface area contributed by atoms with Crippen LogP contribution in [0.4, 0.5) is 0 Å². The molecule has 0 saturated carbocycles. The van der Waals surface area contributed by atoms with Crippen LogP contribution in [0.15, 0.2) is 54.7 Å². The van der Waals surface area contributed by atoms with E-state index in [1.807, 2.05) is 65.3 Å². The Bertz CT molecular complexity index is 975. The topological polar surface area (TPSA) is 56.4 Å². The molecule has 1 aliphatic heterocycles. The molecule has 2 heterocycles. The monoisotopic (exact) mass is 361 g/mol. The highest BCUT2D eigenvalue weighted by Gasteiger charge is 2.24. The van der Waals surface area contributed by atoms with Crippen molar-refractivity contribution >= 4 is 22.7 Å². The summed E-state index contributed by atoms with van der Waals surface area (Å²) in [7, 11) is 0. The maximum Gasteiger partial charge on any atom is 0.256 e. The summed E-state index contributed by atoms with van der Waals surface area (Å²) >= 11 is 0. The van der Waals surface area contributed by atoms with Gasteiger partial charge >= 0.3 is 0 Å². The fraction of sp³-hybridized carbons (Fsp3) is 0.273. The highest BCUT2D eigenvalue weighted by Crippen LogP contribution is 2.20. The molecule has 1 N–H and O–H groups in total. The molecule has 0 spiro atoms. The van der Waals surface area contributed by atoms with Gasteiger partial charge in [0, 0.05) is 48.8 Å². The van der Waals surface area contributed by atoms with E-state index in [1.165, 1.54) is 0 Å². The van der Waals surface area contributed by atoms with Crippen LogP contribution in [0.1, 0.15) is 32.7 Å². The third-order valence-corrected chi connectivity index (χ3v) is 5.19. The van der Waals surface area contributed by atoms with Crippen molar-refractivity contribution in [3.63, 3.8) is 0 Å². The lowest BCUT2D eigenvalue weighted by molar-refractivity contribution is 0.0719. The van der Waals surface area contributed by atoms with Crippen molar-refractivity contribution < 1.29 is 9.59 Å². The third kappa shape index (κ3) is 3.45. The van der Waals surface area contributed by atoms with Crippen LogP contribution >= 0.6 is 0 Å². The van der Waals surface area contributed by atoms with Crippen LogP contribution in [0, 0.1) is 6.92 Å². The van der Waals surface area contributed by atoms with Gasteiger partial charge in [0.25, 0.3) is 11.8 Å². The minimum absolute atomic E-state index is 0.0251. The van der Waals surface area contributed by atoms with E-state index in [9.17, 15) is 9.59 Å². The highest BCUT2D eigenvalue weighted by molar-refractivity contribution is 6.06. The zero-order valence-electron chi connectivity index (χ0n) is 15.4. The summed E-state index contributed by atoms with van der Waals surface area (Å²) in [6.07, 6.45) is 2.57. The van der Waals surface area contributed by atoms with Gasteiger partial charge in [-0.2, -0.15) is 0 Å². The van der Waals surface area contributed by atoms with Gasteiger partial charge in [0.1, 0.15) is 0 Å². The maximum absolute atomic E-state index is 13.0. The lowest BCUT2D eigenvalue weighted by Gasteiger charge is -2.22. The second kappa shape index (κ2) is 7.27. The molecular weight excluding hydrogens is 338 g/mol. The molecular formula is C22H23N3O2. The first-order valence-corrected chi connectivity index (χ1v) is 9.35. The number of benzene rings is 2. The summed E-state index contributed by atoms with van der Waals surface area (Å²) in [6, 6.07) is 15.5. The second-order valence-corrected chi connectivity index (χ2v) is 7.05. The van der Waals surface area contributed by atoms with Crippen molar-refractivity contribution in [1.82, 2.24) is 14.8 Å². The Balaban J connectivity index is 1.47. The number of carbonyl (C=O) groups excluding carboxylic acids is 2. The first-order valence-electron chi connectivity index (χ1n) is 9.35. The Morgan fingerprint density at radius 2 is 1.52 bits per heavy atom. The van der Waals surface area contributed by atoms with Crippen LogP contribution in [-0.4, -0.2) is 52.8 Å². The SMILES string of the molecule is Cc1ccc(C(=O)N2CCCN(C(=O)c3c[nH]c4ccccc34)CC2)cc1. The molecule has 0 atom stereocenters. The van der Waals surface area contributed by atoms with Gasteiger partial charge in [-0.15, -0.1) is 0 Å². The first-order chi connectivity index (χ1) is 13.1. The summed E-state index contributed by atoms with van der Waals surface area (Å²) in [5.41, 5.74) is 3.51. The van der Waals surface area contributed by atoms with Crippen LogP contribution in [-0.2, 0) is 0 Å². The lowest BCUT2D eigenvalue weighted by Crippen LogP contribution is -2.37. The number of carbonyl (C=O) groups is 2. The Morgan fingerprint density at radius 1 is 0.852 bits per heavy atom. The Labute approximate surface area is 158 Å². The van der Waals surface area contributed by atoms with Gasteiger partial charge < -0.3 is 14.8 Å². The molecule has 0 aliphatic carbocycles. The predicted octanol–water partition coefficient (Wildman–Crippen LogP) is 3.46. The molecule has 2 aromatic carbocycles. The fourth-order valence-corrected chi connectivity index (χ4v) is 3.62. The van der Waals surface area contributed by atoms with E-state index in [2.05, 4.69) is 4.98 Å². The third-order valence-electron chi connectivity index (χ3n) is 5.19. The number of H-pyrrole nitrogens is 1. The van der Waals surface area contributed by atoms with Crippen LogP contribution in [0.3, 0.4) is 0 Å². The van der Waals surface area contributed by atoms with Crippen LogP contribution < -0.4 is 0 Å². The van der Waals surface area contributed by atoms with Gasteiger partial charge in [0.05, 0.1) is 5.56 Å². The lowest BCUT2D eigenvalue weighted by atomic mass is 10.1. The average Bonchev–Trinajstić information content (AvgIpc) is 2.96. The number of aryl methyl sites for hydroxylation is 1. The number of nitrogens with one attached hydrogen (secondary N) is 1. The second-order valence-electron chi connectivity index (χ2n) is 7.05. The van der Waals surface area contributed by atoms with Gasteiger partial charge in [0.2, 0.25) is 0 Å². The first kappa shape index (κ1) is 17.3. The average molecular weight is 361 g/mol. The molecule has 138 valence electrons. The van der Waals surface area contributed by atoms with E-state index in [4.69, 9.17) is 0 Å². The van der Waals surface area contributed by atoms with Crippen molar-refractivity contribution in [3.05, 3.63) is 71.4 Å². The summed E-state index contributed by atoms with van der Waals surface area (Å²) in [4.78, 5) is 32.7. The number of nitrogens with zero attached hydrogens (tertiary/aromatic N) is 2. The number of aromatic nitrogens is 1. The Morgan fingerprint density at radius 3 is 2.26 bits per heavy atom. The van der Waals surface area contributed by atoms with E-state index < -0.39 is 0 Å². The molecule has 1 fully saturated rings. The summed E-state index contributed by atoms with van der Waals surface area (Å²) < 4.78 is 0. The quantitative estimate of drug-likeness (QED) is 0.760. The zero-order valence-corrected chi connectivity index (χ0v) is 15.4. The number of fused-ring (bicyclic) bond motifs is 1. The molecule has 1 aliphatic rings. The Hall–Kier alpha value is -3.08. The van der Waals surface area contributed by atoms with Gasteiger partial charge in [-0.1, -0.05) is 35.9 Å². The summed E-state index contributed by atoms with van der Waals surface area (Å²) in [6.45, 7) is 4.45. The largest absolute Gasteiger partial charge is 0.360 e. The summed E-state index contributed by atoms with van der Waals surface area (Å²) in [5, 5.41) is 0.944. The number of para-hydroxylation sites is 1. The summed E-state index contributed by atoms with van der Waals surface area (Å²) in [5.74, 6) is 0.0634. The fourth-order valence-electron chi connectivity index (χ4n) is 3.62. The van der Waals surface area contributed by atoms with Crippen LogP contribution in [0.2, 0.25) is 0 Å². The van der Waals surface area contributed by atoms with E-state index in [-0.39, 0.29) is 11.8 Å². The normalized spacial score (nSPS) is 15.0. The molecule has 5 heteroatoms. The van der Waals surface area contributed by atoms with Crippen molar-refractivity contribution in [1.29, 1.82) is 0 Å². The maximum atomic E-state index is 13.0. The van der Waals surface area contributed by atoms with Crippen molar-refractivity contribution in [2.45, 2.75) is 13.3 Å². The van der Waals surface area contributed by atoms with Crippen LogP contribution in [0.25, 0.3) is 10.9 Å². The highest BCUT2D eigenvalue weighted by atomic mass is 16.2.